The van der Waals surface area contributed by atoms with E-state index < -0.39 is 0 Å². The zero-order valence-corrected chi connectivity index (χ0v) is 10.6. The standard InChI is InChI=1S/C15H17NO2/c1-12-6-5-7-13(10-12)16-11-18-15-9-4-3-8-14(15)17-2/h3-10,16H,11H2,1-2H3. The summed E-state index contributed by atoms with van der Waals surface area (Å²) in [6, 6.07) is 15.8. The van der Waals surface area contributed by atoms with Crippen LogP contribution in [0, 0.1) is 6.92 Å². The molecule has 0 aromatic heterocycles. The first-order chi connectivity index (χ1) is 8.79. The third-order valence-electron chi connectivity index (χ3n) is 2.59. The van der Waals surface area contributed by atoms with E-state index in [9.17, 15) is 0 Å². The first-order valence-corrected chi connectivity index (χ1v) is 5.86. The molecule has 0 bridgehead atoms. The molecule has 0 aliphatic heterocycles. The van der Waals surface area contributed by atoms with Crippen molar-refractivity contribution in [1.29, 1.82) is 0 Å². The van der Waals surface area contributed by atoms with Gasteiger partial charge in [-0.1, -0.05) is 24.3 Å². The molecule has 3 heteroatoms. The summed E-state index contributed by atoms with van der Waals surface area (Å²) in [6.07, 6.45) is 0. The molecule has 0 saturated carbocycles. The van der Waals surface area contributed by atoms with Crippen LogP contribution in [0.25, 0.3) is 0 Å². The van der Waals surface area contributed by atoms with Crippen LogP contribution in [0.15, 0.2) is 48.5 Å². The van der Waals surface area contributed by atoms with Gasteiger partial charge in [-0.3, -0.25) is 0 Å². The number of para-hydroxylation sites is 2. The van der Waals surface area contributed by atoms with Gasteiger partial charge in [-0.2, -0.15) is 0 Å². The lowest BCUT2D eigenvalue weighted by atomic mass is 10.2. The summed E-state index contributed by atoms with van der Waals surface area (Å²) in [5.41, 5.74) is 2.27. The molecule has 3 nitrogen and oxygen atoms in total. The van der Waals surface area contributed by atoms with Crippen LogP contribution in [0.2, 0.25) is 0 Å². The van der Waals surface area contributed by atoms with E-state index in [4.69, 9.17) is 9.47 Å². The molecule has 0 aliphatic carbocycles. The maximum absolute atomic E-state index is 5.64. The fourth-order valence-electron chi connectivity index (χ4n) is 1.69. The number of benzene rings is 2. The molecule has 0 heterocycles. The Labute approximate surface area is 107 Å². The minimum atomic E-state index is 0.407. The smallest absolute Gasteiger partial charge is 0.163 e. The third kappa shape index (κ3) is 3.17. The molecule has 18 heavy (non-hydrogen) atoms. The minimum absolute atomic E-state index is 0.407. The fraction of sp³-hybridized carbons (Fsp3) is 0.200. The zero-order chi connectivity index (χ0) is 12.8. The Morgan fingerprint density at radius 1 is 1.00 bits per heavy atom. The Balaban J connectivity index is 1.92. The summed E-state index contributed by atoms with van der Waals surface area (Å²) < 4.78 is 10.9. The Kier molecular flexibility index (Phi) is 4.07. The molecular weight excluding hydrogens is 226 g/mol. The molecule has 0 aliphatic rings. The highest BCUT2D eigenvalue weighted by Crippen LogP contribution is 2.25. The van der Waals surface area contributed by atoms with Gasteiger partial charge in [0.25, 0.3) is 0 Å². The predicted molar refractivity (Wildman–Crippen MR) is 73.3 cm³/mol. The van der Waals surface area contributed by atoms with Crippen molar-refractivity contribution in [3.8, 4) is 11.5 Å². The second kappa shape index (κ2) is 5.96. The molecule has 0 atom stereocenters. The van der Waals surface area contributed by atoms with E-state index in [1.165, 1.54) is 5.56 Å². The van der Waals surface area contributed by atoms with Crippen molar-refractivity contribution in [2.75, 3.05) is 19.2 Å². The lowest BCUT2D eigenvalue weighted by Gasteiger charge is -2.12. The zero-order valence-electron chi connectivity index (χ0n) is 10.6. The van der Waals surface area contributed by atoms with Crippen LogP contribution in [0.5, 0.6) is 11.5 Å². The number of hydrogen-bond donors (Lipinski definition) is 1. The number of nitrogens with one attached hydrogen (secondary N) is 1. The van der Waals surface area contributed by atoms with E-state index in [0.29, 0.717) is 6.73 Å². The molecule has 0 radical (unpaired) electrons. The highest BCUT2D eigenvalue weighted by atomic mass is 16.5. The van der Waals surface area contributed by atoms with E-state index in [-0.39, 0.29) is 0 Å². The van der Waals surface area contributed by atoms with Gasteiger partial charge in [0.2, 0.25) is 0 Å². The van der Waals surface area contributed by atoms with Crippen LogP contribution in [0.4, 0.5) is 5.69 Å². The van der Waals surface area contributed by atoms with Crippen LogP contribution in [-0.2, 0) is 0 Å². The van der Waals surface area contributed by atoms with Gasteiger partial charge in [0, 0.05) is 5.69 Å². The number of rotatable bonds is 5. The van der Waals surface area contributed by atoms with E-state index in [1.807, 2.05) is 36.4 Å². The minimum Gasteiger partial charge on any atom is -0.493 e. The summed E-state index contributed by atoms with van der Waals surface area (Å²) in [7, 11) is 1.64. The van der Waals surface area contributed by atoms with E-state index >= 15 is 0 Å². The van der Waals surface area contributed by atoms with Crippen molar-refractivity contribution < 1.29 is 9.47 Å². The molecule has 2 aromatic carbocycles. The van der Waals surface area contributed by atoms with Crippen molar-refractivity contribution in [2.45, 2.75) is 6.92 Å². The molecule has 2 aromatic rings. The summed E-state index contributed by atoms with van der Waals surface area (Å²) in [4.78, 5) is 0. The highest BCUT2D eigenvalue weighted by Gasteiger charge is 2.01. The van der Waals surface area contributed by atoms with Crippen molar-refractivity contribution >= 4 is 5.69 Å². The second-order valence-electron chi connectivity index (χ2n) is 3.99. The molecular formula is C15H17NO2. The lowest BCUT2D eigenvalue weighted by Crippen LogP contribution is -2.09. The normalized spacial score (nSPS) is 9.89. The number of methoxy groups -OCH3 is 1. The number of anilines is 1. The summed E-state index contributed by atoms with van der Waals surface area (Å²) in [5, 5.41) is 3.21. The van der Waals surface area contributed by atoms with Gasteiger partial charge in [0.05, 0.1) is 7.11 Å². The number of hydrogen-bond acceptors (Lipinski definition) is 3. The van der Waals surface area contributed by atoms with Crippen LogP contribution in [-0.4, -0.2) is 13.8 Å². The Morgan fingerprint density at radius 3 is 2.50 bits per heavy atom. The summed E-state index contributed by atoms with van der Waals surface area (Å²) >= 11 is 0. The van der Waals surface area contributed by atoms with Crippen LogP contribution < -0.4 is 14.8 Å². The predicted octanol–water partition coefficient (Wildman–Crippen LogP) is 3.45. The average Bonchev–Trinajstić information content (AvgIpc) is 2.39. The van der Waals surface area contributed by atoms with Crippen molar-refractivity contribution in [3.05, 3.63) is 54.1 Å². The topological polar surface area (TPSA) is 30.5 Å². The first kappa shape index (κ1) is 12.3. The first-order valence-electron chi connectivity index (χ1n) is 5.86. The van der Waals surface area contributed by atoms with Crippen LogP contribution in [0.3, 0.4) is 0 Å². The third-order valence-corrected chi connectivity index (χ3v) is 2.59. The Hall–Kier alpha value is -2.16. The van der Waals surface area contributed by atoms with E-state index in [1.54, 1.807) is 7.11 Å². The van der Waals surface area contributed by atoms with Gasteiger partial charge in [-0.25, -0.2) is 0 Å². The quantitative estimate of drug-likeness (QED) is 0.816. The van der Waals surface area contributed by atoms with Gasteiger partial charge in [-0.05, 0) is 36.8 Å². The van der Waals surface area contributed by atoms with Gasteiger partial charge >= 0.3 is 0 Å². The van der Waals surface area contributed by atoms with Crippen molar-refractivity contribution in [2.24, 2.45) is 0 Å². The van der Waals surface area contributed by atoms with E-state index in [2.05, 4.69) is 24.4 Å². The largest absolute Gasteiger partial charge is 0.493 e. The maximum Gasteiger partial charge on any atom is 0.163 e. The van der Waals surface area contributed by atoms with Crippen LogP contribution in [0.1, 0.15) is 5.56 Å². The SMILES string of the molecule is COc1ccccc1OCNc1cccc(C)c1. The molecule has 0 amide bonds. The molecule has 0 fully saturated rings. The molecule has 0 spiro atoms. The van der Waals surface area contributed by atoms with Gasteiger partial charge in [0.15, 0.2) is 18.2 Å². The van der Waals surface area contributed by atoms with E-state index in [0.717, 1.165) is 17.2 Å². The fourth-order valence-corrected chi connectivity index (χ4v) is 1.69. The Morgan fingerprint density at radius 2 is 1.78 bits per heavy atom. The number of aryl methyl sites for hydroxylation is 1. The molecule has 2 rings (SSSR count). The molecule has 1 N–H and O–H groups in total. The molecule has 94 valence electrons. The van der Waals surface area contributed by atoms with Gasteiger partial charge in [0.1, 0.15) is 0 Å². The number of ether oxygens (including phenoxy) is 2. The molecule has 0 unspecified atom stereocenters. The average molecular weight is 243 g/mol. The van der Waals surface area contributed by atoms with Gasteiger partial charge < -0.3 is 14.8 Å². The second-order valence-corrected chi connectivity index (χ2v) is 3.99. The summed E-state index contributed by atoms with van der Waals surface area (Å²) in [6.45, 7) is 2.47. The monoisotopic (exact) mass is 243 g/mol. The lowest BCUT2D eigenvalue weighted by molar-refractivity contribution is 0.315. The Bertz CT molecular complexity index is 511. The highest BCUT2D eigenvalue weighted by molar-refractivity contribution is 5.45. The van der Waals surface area contributed by atoms with Crippen molar-refractivity contribution in [3.63, 3.8) is 0 Å². The van der Waals surface area contributed by atoms with Crippen LogP contribution >= 0.6 is 0 Å². The van der Waals surface area contributed by atoms with Gasteiger partial charge in [-0.15, -0.1) is 0 Å². The molecule has 0 saturated heterocycles. The maximum atomic E-state index is 5.64. The summed E-state index contributed by atoms with van der Waals surface area (Å²) in [5.74, 6) is 1.48. The van der Waals surface area contributed by atoms with Crippen molar-refractivity contribution in [1.82, 2.24) is 0 Å².